The predicted molar refractivity (Wildman–Crippen MR) is 90.8 cm³/mol. The fraction of sp³-hybridized carbons (Fsp3) is 0.188. The van der Waals surface area contributed by atoms with Gasteiger partial charge < -0.3 is 10.1 Å². The van der Waals surface area contributed by atoms with Gasteiger partial charge in [0.2, 0.25) is 10.0 Å². The van der Waals surface area contributed by atoms with Gasteiger partial charge in [-0.25, -0.2) is 13.1 Å². The van der Waals surface area contributed by atoms with Crippen molar-refractivity contribution in [2.45, 2.75) is 17.9 Å². The van der Waals surface area contributed by atoms with Crippen molar-refractivity contribution in [1.29, 1.82) is 0 Å². The summed E-state index contributed by atoms with van der Waals surface area (Å²) < 4.78 is 33.1. The summed E-state index contributed by atoms with van der Waals surface area (Å²) in [5, 5.41) is 2.59. The molecule has 0 radical (unpaired) electrons. The Kier molecular flexibility index (Phi) is 4.49. The molecule has 6 nitrogen and oxygen atoms in total. The number of anilines is 1. The highest BCUT2D eigenvalue weighted by atomic mass is 35.5. The van der Waals surface area contributed by atoms with E-state index in [4.69, 9.17) is 16.3 Å². The number of benzene rings is 2. The lowest BCUT2D eigenvalue weighted by molar-refractivity contribution is -0.118. The molecule has 8 heteroatoms. The van der Waals surface area contributed by atoms with Crippen LogP contribution >= 0.6 is 11.6 Å². The normalized spacial score (nSPS) is 15.2. The van der Waals surface area contributed by atoms with Crippen molar-refractivity contribution in [2.24, 2.45) is 0 Å². The number of nitrogens with one attached hydrogen (secondary N) is 2. The van der Waals surface area contributed by atoms with Gasteiger partial charge in [-0.2, -0.15) is 0 Å². The highest BCUT2D eigenvalue weighted by Crippen LogP contribution is 2.36. The molecule has 0 spiro atoms. The average molecular weight is 367 g/mol. The highest BCUT2D eigenvalue weighted by Gasteiger charge is 2.25. The molecule has 0 saturated heterocycles. The largest absolute Gasteiger partial charge is 0.482 e. The summed E-state index contributed by atoms with van der Waals surface area (Å²) in [5.41, 5.74) is 1.19. The fourth-order valence-electron chi connectivity index (χ4n) is 2.39. The SMILES string of the molecule is CC(NS(=O)(=O)c1cc2c(cc1Cl)NC(=O)CO2)c1ccccc1. The summed E-state index contributed by atoms with van der Waals surface area (Å²) in [6, 6.07) is 11.5. The number of halogens is 1. The molecule has 0 aliphatic carbocycles. The second-order valence-corrected chi connectivity index (χ2v) is 7.46. The third kappa shape index (κ3) is 3.38. The number of sulfonamides is 1. The molecule has 0 fully saturated rings. The maximum absolute atomic E-state index is 12.6. The van der Waals surface area contributed by atoms with Crippen LogP contribution in [-0.2, 0) is 14.8 Å². The first kappa shape index (κ1) is 16.8. The molecule has 3 rings (SSSR count). The van der Waals surface area contributed by atoms with E-state index in [1.165, 1.54) is 12.1 Å². The van der Waals surface area contributed by atoms with E-state index in [-0.39, 0.29) is 28.2 Å². The standard InChI is InChI=1S/C16H15ClN2O4S/c1-10(11-5-3-2-4-6-11)19-24(21,22)15-8-14-13(7-12(15)17)18-16(20)9-23-14/h2-8,10,19H,9H2,1H3,(H,18,20). The van der Waals surface area contributed by atoms with Gasteiger partial charge in [0, 0.05) is 12.1 Å². The van der Waals surface area contributed by atoms with Gasteiger partial charge in [0.05, 0.1) is 10.7 Å². The summed E-state index contributed by atoms with van der Waals surface area (Å²) in [5.74, 6) is -0.0447. The van der Waals surface area contributed by atoms with Crippen LogP contribution in [-0.4, -0.2) is 20.9 Å². The van der Waals surface area contributed by atoms with Crippen LogP contribution in [0, 0.1) is 0 Å². The van der Waals surface area contributed by atoms with Crippen molar-refractivity contribution in [2.75, 3.05) is 11.9 Å². The van der Waals surface area contributed by atoms with E-state index in [0.717, 1.165) is 5.56 Å². The monoisotopic (exact) mass is 366 g/mol. The molecule has 2 aromatic carbocycles. The van der Waals surface area contributed by atoms with Gasteiger partial charge in [-0.1, -0.05) is 41.9 Å². The van der Waals surface area contributed by atoms with E-state index in [1.807, 2.05) is 30.3 Å². The minimum Gasteiger partial charge on any atom is -0.482 e. The number of fused-ring (bicyclic) bond motifs is 1. The van der Waals surface area contributed by atoms with E-state index in [9.17, 15) is 13.2 Å². The molecule has 0 saturated carbocycles. The van der Waals surface area contributed by atoms with E-state index in [0.29, 0.717) is 5.69 Å². The zero-order valence-corrected chi connectivity index (χ0v) is 14.3. The molecule has 2 aromatic rings. The predicted octanol–water partition coefficient (Wildman–Crippen LogP) is 2.71. The first-order valence-corrected chi connectivity index (χ1v) is 9.06. The topological polar surface area (TPSA) is 84.5 Å². The van der Waals surface area contributed by atoms with E-state index >= 15 is 0 Å². The zero-order chi connectivity index (χ0) is 17.3. The number of amides is 1. The van der Waals surface area contributed by atoms with Crippen LogP contribution in [0.2, 0.25) is 5.02 Å². The molecule has 0 aromatic heterocycles. The number of hydrogen-bond acceptors (Lipinski definition) is 4. The maximum atomic E-state index is 12.6. The molecule has 0 bridgehead atoms. The molecule has 1 amide bonds. The maximum Gasteiger partial charge on any atom is 0.262 e. The van der Waals surface area contributed by atoms with Crippen LogP contribution in [0.4, 0.5) is 5.69 Å². The minimum absolute atomic E-state index is 0.00677. The number of rotatable bonds is 4. The lowest BCUT2D eigenvalue weighted by Gasteiger charge is -2.20. The molecule has 126 valence electrons. The third-order valence-electron chi connectivity index (χ3n) is 3.59. The number of hydrogen-bond donors (Lipinski definition) is 2. The Labute approximate surface area is 144 Å². The van der Waals surface area contributed by atoms with Gasteiger partial charge in [-0.3, -0.25) is 4.79 Å². The molecular formula is C16H15ClN2O4S. The number of ether oxygens (including phenoxy) is 1. The summed E-state index contributed by atoms with van der Waals surface area (Å²) in [4.78, 5) is 11.2. The van der Waals surface area contributed by atoms with Crippen LogP contribution in [0.25, 0.3) is 0 Å². The van der Waals surface area contributed by atoms with Crippen molar-refractivity contribution in [3.05, 3.63) is 53.1 Å². The second kappa shape index (κ2) is 6.43. The lowest BCUT2D eigenvalue weighted by Crippen LogP contribution is -2.28. The first-order valence-electron chi connectivity index (χ1n) is 7.20. The van der Waals surface area contributed by atoms with Crippen molar-refractivity contribution in [3.8, 4) is 5.75 Å². The second-order valence-electron chi connectivity index (χ2n) is 5.37. The van der Waals surface area contributed by atoms with Crippen LogP contribution in [0.15, 0.2) is 47.4 Å². The van der Waals surface area contributed by atoms with Crippen LogP contribution < -0.4 is 14.8 Å². The first-order chi connectivity index (χ1) is 11.4. The van der Waals surface area contributed by atoms with Gasteiger partial charge in [0.15, 0.2) is 6.61 Å². The Morgan fingerprint density at radius 2 is 1.96 bits per heavy atom. The highest BCUT2D eigenvalue weighted by molar-refractivity contribution is 7.89. The smallest absolute Gasteiger partial charge is 0.262 e. The van der Waals surface area contributed by atoms with E-state index < -0.39 is 16.1 Å². The van der Waals surface area contributed by atoms with Gasteiger partial charge in [-0.05, 0) is 18.6 Å². The molecule has 1 aliphatic heterocycles. The summed E-state index contributed by atoms with van der Waals surface area (Å²) >= 11 is 6.10. The molecular weight excluding hydrogens is 352 g/mol. The lowest BCUT2D eigenvalue weighted by atomic mass is 10.1. The molecule has 1 atom stereocenters. The molecule has 1 heterocycles. The summed E-state index contributed by atoms with van der Waals surface area (Å²) in [6.07, 6.45) is 0. The Bertz CT molecular complexity index is 884. The number of carbonyl (C=O) groups excluding carboxylic acids is 1. The molecule has 24 heavy (non-hydrogen) atoms. The van der Waals surface area contributed by atoms with Crippen molar-refractivity contribution in [3.63, 3.8) is 0 Å². The van der Waals surface area contributed by atoms with Gasteiger partial charge in [0.25, 0.3) is 5.91 Å². The van der Waals surface area contributed by atoms with Crippen LogP contribution in [0.1, 0.15) is 18.5 Å². The Hall–Kier alpha value is -2.09. The Balaban J connectivity index is 1.91. The van der Waals surface area contributed by atoms with Crippen LogP contribution in [0.3, 0.4) is 0 Å². The van der Waals surface area contributed by atoms with Gasteiger partial charge in [0.1, 0.15) is 10.6 Å². The molecule has 2 N–H and O–H groups in total. The minimum atomic E-state index is -3.86. The van der Waals surface area contributed by atoms with Crippen LogP contribution in [0.5, 0.6) is 5.75 Å². The zero-order valence-electron chi connectivity index (χ0n) is 12.7. The quantitative estimate of drug-likeness (QED) is 0.871. The summed E-state index contributed by atoms with van der Waals surface area (Å²) in [7, 11) is -3.86. The molecule has 1 aliphatic rings. The van der Waals surface area contributed by atoms with Gasteiger partial charge in [-0.15, -0.1) is 0 Å². The molecule has 1 unspecified atom stereocenters. The summed E-state index contributed by atoms with van der Waals surface area (Å²) in [6.45, 7) is 1.58. The Morgan fingerprint density at radius 3 is 2.67 bits per heavy atom. The van der Waals surface area contributed by atoms with Gasteiger partial charge >= 0.3 is 0 Å². The Morgan fingerprint density at radius 1 is 1.25 bits per heavy atom. The van der Waals surface area contributed by atoms with E-state index in [1.54, 1.807) is 6.92 Å². The van der Waals surface area contributed by atoms with Crippen molar-refractivity contribution >= 4 is 33.2 Å². The fourth-order valence-corrected chi connectivity index (χ4v) is 4.17. The third-order valence-corrected chi connectivity index (χ3v) is 5.59. The van der Waals surface area contributed by atoms with Crippen molar-refractivity contribution < 1.29 is 17.9 Å². The van der Waals surface area contributed by atoms with E-state index in [2.05, 4.69) is 10.0 Å². The average Bonchev–Trinajstić information content (AvgIpc) is 2.54. The number of carbonyl (C=O) groups is 1. The van der Waals surface area contributed by atoms with Crippen molar-refractivity contribution in [1.82, 2.24) is 4.72 Å².